The first-order chi connectivity index (χ1) is 8.69. The maximum Gasteiger partial charge on any atom is 0.227 e. The van der Waals surface area contributed by atoms with Crippen molar-refractivity contribution in [2.75, 3.05) is 12.4 Å². The number of para-hydroxylation sites is 1. The van der Waals surface area contributed by atoms with Crippen molar-refractivity contribution >= 4 is 11.6 Å². The standard InChI is InChI=1S/C15H24N2O/c1-4-5-8-12(2)15(18)17-14-10-7-6-9-13(14)11-16-3/h6-7,9-10,12,16H,4-5,8,11H2,1-3H3,(H,17,18). The molecule has 100 valence electrons. The van der Waals surface area contributed by atoms with Crippen LogP contribution in [0.5, 0.6) is 0 Å². The van der Waals surface area contributed by atoms with Crippen LogP contribution in [0, 0.1) is 5.92 Å². The Morgan fingerprint density at radius 3 is 2.72 bits per heavy atom. The van der Waals surface area contributed by atoms with E-state index in [4.69, 9.17) is 0 Å². The van der Waals surface area contributed by atoms with Gasteiger partial charge in [-0.25, -0.2) is 0 Å². The molecular weight excluding hydrogens is 224 g/mol. The summed E-state index contributed by atoms with van der Waals surface area (Å²) in [7, 11) is 1.91. The van der Waals surface area contributed by atoms with Gasteiger partial charge in [-0.15, -0.1) is 0 Å². The molecule has 0 spiro atoms. The Balaban J connectivity index is 2.63. The Morgan fingerprint density at radius 1 is 1.33 bits per heavy atom. The lowest BCUT2D eigenvalue weighted by molar-refractivity contribution is -0.119. The minimum atomic E-state index is 0.0765. The lowest BCUT2D eigenvalue weighted by Crippen LogP contribution is -2.21. The predicted octanol–water partition coefficient (Wildman–Crippen LogP) is 3.17. The van der Waals surface area contributed by atoms with Crippen molar-refractivity contribution in [1.82, 2.24) is 5.32 Å². The first-order valence-electron chi connectivity index (χ1n) is 6.72. The molecule has 0 aliphatic carbocycles. The van der Waals surface area contributed by atoms with Gasteiger partial charge in [0.25, 0.3) is 0 Å². The summed E-state index contributed by atoms with van der Waals surface area (Å²) in [6.45, 7) is 4.90. The number of rotatable bonds is 7. The molecule has 3 nitrogen and oxygen atoms in total. The van der Waals surface area contributed by atoms with Crippen LogP contribution in [0.3, 0.4) is 0 Å². The van der Waals surface area contributed by atoms with Crippen molar-refractivity contribution in [1.29, 1.82) is 0 Å². The summed E-state index contributed by atoms with van der Waals surface area (Å²) in [4.78, 5) is 12.0. The largest absolute Gasteiger partial charge is 0.326 e. The number of benzene rings is 1. The Labute approximate surface area is 110 Å². The summed E-state index contributed by atoms with van der Waals surface area (Å²) < 4.78 is 0. The Morgan fingerprint density at radius 2 is 2.06 bits per heavy atom. The number of hydrogen-bond acceptors (Lipinski definition) is 2. The Hall–Kier alpha value is -1.35. The molecule has 1 unspecified atom stereocenters. The summed E-state index contributed by atoms with van der Waals surface area (Å²) in [5, 5.41) is 6.13. The first kappa shape index (κ1) is 14.7. The fourth-order valence-corrected chi connectivity index (χ4v) is 1.88. The lowest BCUT2D eigenvalue weighted by Gasteiger charge is -2.14. The molecule has 0 heterocycles. The second kappa shape index (κ2) is 7.88. The van der Waals surface area contributed by atoms with E-state index in [1.807, 2.05) is 38.2 Å². The molecule has 0 fully saturated rings. The van der Waals surface area contributed by atoms with Crippen molar-refractivity contribution in [3.8, 4) is 0 Å². The van der Waals surface area contributed by atoms with Crippen LogP contribution in [0.25, 0.3) is 0 Å². The molecule has 1 rings (SSSR count). The van der Waals surface area contributed by atoms with Crippen molar-refractivity contribution in [2.24, 2.45) is 5.92 Å². The zero-order chi connectivity index (χ0) is 13.4. The topological polar surface area (TPSA) is 41.1 Å². The zero-order valence-electron chi connectivity index (χ0n) is 11.6. The van der Waals surface area contributed by atoms with Gasteiger partial charge < -0.3 is 10.6 Å². The summed E-state index contributed by atoms with van der Waals surface area (Å²) >= 11 is 0. The van der Waals surface area contributed by atoms with Crippen LogP contribution >= 0.6 is 0 Å². The minimum absolute atomic E-state index is 0.0765. The van der Waals surface area contributed by atoms with Crippen molar-refractivity contribution in [3.05, 3.63) is 29.8 Å². The van der Waals surface area contributed by atoms with Gasteiger partial charge in [-0.1, -0.05) is 44.9 Å². The van der Waals surface area contributed by atoms with Crippen LogP contribution in [0.15, 0.2) is 24.3 Å². The van der Waals surface area contributed by atoms with E-state index in [1.54, 1.807) is 0 Å². The van der Waals surface area contributed by atoms with Crippen LogP contribution in [0.1, 0.15) is 38.7 Å². The molecular formula is C15H24N2O. The minimum Gasteiger partial charge on any atom is -0.326 e. The van der Waals surface area contributed by atoms with E-state index in [0.29, 0.717) is 0 Å². The van der Waals surface area contributed by atoms with Gasteiger partial charge in [-0.2, -0.15) is 0 Å². The normalized spacial score (nSPS) is 12.2. The van der Waals surface area contributed by atoms with E-state index in [0.717, 1.165) is 37.1 Å². The van der Waals surface area contributed by atoms with Gasteiger partial charge >= 0.3 is 0 Å². The fourth-order valence-electron chi connectivity index (χ4n) is 1.88. The monoisotopic (exact) mass is 248 g/mol. The molecule has 0 aromatic heterocycles. The third kappa shape index (κ3) is 4.49. The van der Waals surface area contributed by atoms with E-state index in [2.05, 4.69) is 17.6 Å². The van der Waals surface area contributed by atoms with E-state index < -0.39 is 0 Å². The Kier molecular flexibility index (Phi) is 6.44. The highest BCUT2D eigenvalue weighted by Gasteiger charge is 2.13. The molecule has 0 saturated carbocycles. The average molecular weight is 248 g/mol. The van der Waals surface area contributed by atoms with Gasteiger partial charge in [-0.05, 0) is 25.1 Å². The smallest absolute Gasteiger partial charge is 0.227 e. The average Bonchev–Trinajstić information content (AvgIpc) is 2.38. The fraction of sp³-hybridized carbons (Fsp3) is 0.533. The quantitative estimate of drug-likeness (QED) is 0.778. The van der Waals surface area contributed by atoms with Crippen molar-refractivity contribution < 1.29 is 4.79 Å². The molecule has 1 aromatic carbocycles. The van der Waals surface area contributed by atoms with Gasteiger partial charge in [0.2, 0.25) is 5.91 Å². The molecule has 2 N–H and O–H groups in total. The number of amides is 1. The molecule has 0 saturated heterocycles. The van der Waals surface area contributed by atoms with Gasteiger partial charge in [0.05, 0.1) is 0 Å². The molecule has 3 heteroatoms. The predicted molar refractivity (Wildman–Crippen MR) is 76.5 cm³/mol. The highest BCUT2D eigenvalue weighted by Crippen LogP contribution is 2.17. The van der Waals surface area contributed by atoms with E-state index >= 15 is 0 Å². The number of unbranched alkanes of at least 4 members (excludes halogenated alkanes) is 1. The van der Waals surface area contributed by atoms with Gasteiger partial charge in [0.1, 0.15) is 0 Å². The Bertz CT molecular complexity index is 377. The van der Waals surface area contributed by atoms with Crippen molar-refractivity contribution in [2.45, 2.75) is 39.7 Å². The van der Waals surface area contributed by atoms with Crippen LogP contribution in [0.4, 0.5) is 5.69 Å². The second-order valence-electron chi connectivity index (χ2n) is 4.72. The van der Waals surface area contributed by atoms with E-state index in [-0.39, 0.29) is 11.8 Å². The van der Waals surface area contributed by atoms with E-state index in [9.17, 15) is 4.79 Å². The molecule has 1 amide bonds. The lowest BCUT2D eigenvalue weighted by atomic mass is 10.0. The van der Waals surface area contributed by atoms with Crippen LogP contribution in [-0.2, 0) is 11.3 Å². The van der Waals surface area contributed by atoms with Crippen LogP contribution < -0.4 is 10.6 Å². The molecule has 1 atom stereocenters. The first-order valence-corrected chi connectivity index (χ1v) is 6.72. The second-order valence-corrected chi connectivity index (χ2v) is 4.72. The molecule has 0 aliphatic rings. The number of hydrogen-bond donors (Lipinski definition) is 2. The van der Waals surface area contributed by atoms with Crippen molar-refractivity contribution in [3.63, 3.8) is 0 Å². The molecule has 0 bridgehead atoms. The summed E-state index contributed by atoms with van der Waals surface area (Å²) in [6.07, 6.45) is 3.19. The zero-order valence-corrected chi connectivity index (χ0v) is 11.6. The highest BCUT2D eigenvalue weighted by atomic mass is 16.1. The maximum absolute atomic E-state index is 12.0. The SMILES string of the molecule is CCCCC(C)C(=O)Nc1ccccc1CNC. The number of nitrogens with one attached hydrogen (secondary N) is 2. The number of anilines is 1. The van der Waals surface area contributed by atoms with E-state index in [1.165, 1.54) is 0 Å². The van der Waals surface area contributed by atoms with Gasteiger partial charge in [-0.3, -0.25) is 4.79 Å². The molecule has 0 radical (unpaired) electrons. The summed E-state index contributed by atoms with van der Waals surface area (Å²) in [5.41, 5.74) is 2.04. The maximum atomic E-state index is 12.0. The molecule has 0 aliphatic heterocycles. The highest BCUT2D eigenvalue weighted by molar-refractivity contribution is 5.93. The van der Waals surface area contributed by atoms with Gasteiger partial charge in [0, 0.05) is 18.2 Å². The third-order valence-electron chi connectivity index (χ3n) is 3.08. The summed E-state index contributed by atoms with van der Waals surface area (Å²) in [5.74, 6) is 0.194. The third-order valence-corrected chi connectivity index (χ3v) is 3.08. The van der Waals surface area contributed by atoms with Crippen LogP contribution in [0.2, 0.25) is 0 Å². The molecule has 1 aromatic rings. The summed E-state index contributed by atoms with van der Waals surface area (Å²) in [6, 6.07) is 7.92. The van der Waals surface area contributed by atoms with Gasteiger partial charge in [0.15, 0.2) is 0 Å². The van der Waals surface area contributed by atoms with Crippen LogP contribution in [-0.4, -0.2) is 13.0 Å². The number of carbonyl (C=O) groups is 1. The molecule has 18 heavy (non-hydrogen) atoms. The number of carbonyl (C=O) groups excluding carboxylic acids is 1.